The highest BCUT2D eigenvalue weighted by Crippen LogP contribution is 2.26. The first-order valence-corrected chi connectivity index (χ1v) is 6.14. The highest BCUT2D eigenvalue weighted by molar-refractivity contribution is 8.00. The molecule has 88 valence electrons. The molecule has 1 amide bonds. The van der Waals surface area contributed by atoms with Gasteiger partial charge in [-0.2, -0.15) is 0 Å². The van der Waals surface area contributed by atoms with Crippen molar-refractivity contribution < 1.29 is 4.79 Å². The number of hydrogen-bond acceptors (Lipinski definition) is 3. The largest absolute Gasteiger partial charge is 0.294 e. The lowest BCUT2D eigenvalue weighted by atomic mass is 10.1. The van der Waals surface area contributed by atoms with Gasteiger partial charge in [0.2, 0.25) is 5.91 Å². The Balaban J connectivity index is 2.59. The fourth-order valence-corrected chi connectivity index (χ4v) is 2.47. The molecule has 0 aliphatic heterocycles. The van der Waals surface area contributed by atoms with Crippen molar-refractivity contribution in [3.05, 3.63) is 29.3 Å². The van der Waals surface area contributed by atoms with Gasteiger partial charge in [-0.15, -0.1) is 11.8 Å². The normalized spacial score (nSPS) is 12.2. The standard InChI is InChI=1S/C12H18N2OS/c1-8-4-5-11(6-9(8)2)16-10(3)7-12(15)14-13/h4-6,10H,7,13H2,1-3H3,(H,14,15). The van der Waals surface area contributed by atoms with Crippen molar-refractivity contribution in [2.24, 2.45) is 5.84 Å². The first-order chi connectivity index (χ1) is 7.52. The first kappa shape index (κ1) is 13.1. The summed E-state index contributed by atoms with van der Waals surface area (Å²) in [6.45, 7) is 6.21. The molecule has 0 radical (unpaired) electrons. The number of nitrogens with two attached hydrogens (primary N) is 1. The van der Waals surface area contributed by atoms with Gasteiger partial charge in [0, 0.05) is 16.6 Å². The van der Waals surface area contributed by atoms with Crippen molar-refractivity contribution in [1.29, 1.82) is 0 Å². The topological polar surface area (TPSA) is 55.1 Å². The fraction of sp³-hybridized carbons (Fsp3) is 0.417. The smallest absolute Gasteiger partial charge is 0.234 e. The summed E-state index contributed by atoms with van der Waals surface area (Å²) in [5.74, 6) is 4.93. The van der Waals surface area contributed by atoms with E-state index in [0.29, 0.717) is 6.42 Å². The number of thioether (sulfide) groups is 1. The minimum absolute atomic E-state index is 0.121. The summed E-state index contributed by atoms with van der Waals surface area (Å²) >= 11 is 1.69. The summed E-state index contributed by atoms with van der Waals surface area (Å²) in [4.78, 5) is 12.3. The van der Waals surface area contributed by atoms with Crippen LogP contribution in [0, 0.1) is 13.8 Å². The van der Waals surface area contributed by atoms with Crippen LogP contribution in [0.2, 0.25) is 0 Å². The highest BCUT2D eigenvalue weighted by atomic mass is 32.2. The molecule has 3 N–H and O–H groups in total. The number of aryl methyl sites for hydroxylation is 2. The Labute approximate surface area is 101 Å². The maximum atomic E-state index is 11.1. The molecule has 4 heteroatoms. The number of nitrogens with one attached hydrogen (secondary N) is 1. The zero-order valence-electron chi connectivity index (χ0n) is 9.91. The Bertz CT molecular complexity index is 379. The van der Waals surface area contributed by atoms with Crippen LogP contribution in [-0.4, -0.2) is 11.2 Å². The van der Waals surface area contributed by atoms with Gasteiger partial charge in [-0.3, -0.25) is 10.2 Å². The van der Waals surface area contributed by atoms with Crippen molar-refractivity contribution in [3.63, 3.8) is 0 Å². The van der Waals surface area contributed by atoms with Gasteiger partial charge in [-0.25, -0.2) is 5.84 Å². The second kappa shape index (κ2) is 5.92. The number of amides is 1. The molecule has 1 aromatic rings. The molecule has 0 heterocycles. The van der Waals surface area contributed by atoms with Crippen LogP contribution in [0.4, 0.5) is 0 Å². The van der Waals surface area contributed by atoms with Crippen molar-refractivity contribution in [1.82, 2.24) is 5.43 Å². The number of carbonyl (C=O) groups is 1. The van der Waals surface area contributed by atoms with Gasteiger partial charge < -0.3 is 0 Å². The molecule has 3 nitrogen and oxygen atoms in total. The summed E-state index contributed by atoms with van der Waals surface area (Å²) in [6.07, 6.45) is 0.439. The van der Waals surface area contributed by atoms with Crippen molar-refractivity contribution in [2.75, 3.05) is 0 Å². The van der Waals surface area contributed by atoms with Crippen LogP contribution in [0.5, 0.6) is 0 Å². The number of rotatable bonds is 4. The third-order valence-corrected chi connectivity index (χ3v) is 3.54. The second-order valence-electron chi connectivity index (χ2n) is 3.95. The van der Waals surface area contributed by atoms with Crippen LogP contribution < -0.4 is 11.3 Å². The van der Waals surface area contributed by atoms with E-state index in [0.717, 1.165) is 0 Å². The van der Waals surface area contributed by atoms with Gasteiger partial charge in [0.25, 0.3) is 0 Å². The molecule has 0 aromatic heterocycles. The van der Waals surface area contributed by atoms with E-state index in [-0.39, 0.29) is 11.2 Å². The third kappa shape index (κ3) is 3.87. The Morgan fingerprint density at radius 2 is 2.12 bits per heavy atom. The summed E-state index contributed by atoms with van der Waals surface area (Å²) in [5.41, 5.74) is 4.72. The van der Waals surface area contributed by atoms with E-state index in [1.807, 2.05) is 6.92 Å². The molecule has 1 rings (SSSR count). The molecule has 16 heavy (non-hydrogen) atoms. The van der Waals surface area contributed by atoms with Crippen LogP contribution in [0.3, 0.4) is 0 Å². The number of benzene rings is 1. The van der Waals surface area contributed by atoms with Gasteiger partial charge in [-0.1, -0.05) is 13.0 Å². The lowest BCUT2D eigenvalue weighted by molar-refractivity contribution is -0.121. The molecule has 0 saturated heterocycles. The average molecular weight is 238 g/mol. The van der Waals surface area contributed by atoms with Gasteiger partial charge in [0.15, 0.2) is 0 Å². The zero-order valence-corrected chi connectivity index (χ0v) is 10.7. The third-order valence-electron chi connectivity index (χ3n) is 2.45. The minimum Gasteiger partial charge on any atom is -0.294 e. The SMILES string of the molecule is Cc1ccc(SC(C)CC(=O)NN)cc1C. The lowest BCUT2D eigenvalue weighted by Gasteiger charge is -2.11. The first-order valence-electron chi connectivity index (χ1n) is 5.26. The van der Waals surface area contributed by atoms with Crippen LogP contribution >= 0.6 is 11.8 Å². The second-order valence-corrected chi connectivity index (χ2v) is 5.46. The molecular weight excluding hydrogens is 220 g/mol. The van der Waals surface area contributed by atoms with Crippen molar-refractivity contribution >= 4 is 17.7 Å². The van der Waals surface area contributed by atoms with Crippen LogP contribution in [-0.2, 0) is 4.79 Å². The van der Waals surface area contributed by atoms with Gasteiger partial charge in [0.05, 0.1) is 0 Å². The maximum Gasteiger partial charge on any atom is 0.234 e. The number of carbonyl (C=O) groups excluding carboxylic acids is 1. The predicted octanol–water partition coefficient (Wildman–Crippen LogP) is 2.16. The van der Waals surface area contributed by atoms with Gasteiger partial charge in [0.1, 0.15) is 0 Å². The van der Waals surface area contributed by atoms with Crippen molar-refractivity contribution in [3.8, 4) is 0 Å². The van der Waals surface area contributed by atoms with Gasteiger partial charge in [-0.05, 0) is 37.1 Å². The molecule has 1 aromatic carbocycles. The molecule has 0 aliphatic rings. The lowest BCUT2D eigenvalue weighted by Crippen LogP contribution is -2.31. The van der Waals surface area contributed by atoms with E-state index < -0.39 is 0 Å². The number of hydrazine groups is 1. The molecule has 0 spiro atoms. The molecule has 0 fully saturated rings. The molecule has 0 bridgehead atoms. The summed E-state index contributed by atoms with van der Waals surface area (Å²) in [5, 5.41) is 0.227. The average Bonchev–Trinajstić information content (AvgIpc) is 2.23. The number of hydrogen-bond donors (Lipinski definition) is 2. The Morgan fingerprint density at radius 1 is 1.44 bits per heavy atom. The molecule has 0 aliphatic carbocycles. The van der Waals surface area contributed by atoms with E-state index in [2.05, 4.69) is 37.5 Å². The van der Waals surface area contributed by atoms with Crippen LogP contribution in [0.1, 0.15) is 24.5 Å². The highest BCUT2D eigenvalue weighted by Gasteiger charge is 2.09. The molecule has 0 saturated carbocycles. The molecular formula is C12H18N2OS. The van der Waals surface area contributed by atoms with E-state index >= 15 is 0 Å². The molecule has 1 unspecified atom stereocenters. The summed E-state index contributed by atoms with van der Waals surface area (Å²) in [7, 11) is 0. The van der Waals surface area contributed by atoms with E-state index in [1.165, 1.54) is 16.0 Å². The zero-order chi connectivity index (χ0) is 12.1. The molecule has 1 atom stereocenters. The van der Waals surface area contributed by atoms with E-state index in [4.69, 9.17) is 5.84 Å². The van der Waals surface area contributed by atoms with Crippen molar-refractivity contribution in [2.45, 2.75) is 37.3 Å². The van der Waals surface area contributed by atoms with Gasteiger partial charge >= 0.3 is 0 Å². The monoisotopic (exact) mass is 238 g/mol. The Kier molecular flexibility index (Phi) is 4.83. The fourth-order valence-electron chi connectivity index (χ4n) is 1.38. The summed E-state index contributed by atoms with van der Waals surface area (Å²) < 4.78 is 0. The minimum atomic E-state index is -0.121. The van der Waals surface area contributed by atoms with Crippen LogP contribution in [0.15, 0.2) is 23.1 Å². The maximum absolute atomic E-state index is 11.1. The van der Waals surface area contributed by atoms with Crippen LogP contribution in [0.25, 0.3) is 0 Å². The Morgan fingerprint density at radius 3 is 2.69 bits per heavy atom. The Hall–Kier alpha value is -1.00. The van der Waals surface area contributed by atoms with E-state index in [1.54, 1.807) is 11.8 Å². The predicted molar refractivity (Wildman–Crippen MR) is 68.2 cm³/mol. The summed E-state index contributed by atoms with van der Waals surface area (Å²) in [6, 6.07) is 6.34. The van der Waals surface area contributed by atoms with E-state index in [9.17, 15) is 4.79 Å². The quantitative estimate of drug-likeness (QED) is 0.366.